The topological polar surface area (TPSA) is 20.3 Å². The molecule has 0 aromatic heterocycles. The Kier molecular flexibility index (Phi) is 4.24. The summed E-state index contributed by atoms with van der Waals surface area (Å²) in [7, 11) is 0. The molecule has 1 aliphatic heterocycles. The van der Waals surface area contributed by atoms with E-state index in [1.54, 1.807) is 0 Å². The number of alkyl halides is 3. The Hall–Kier alpha value is -1.36. The smallest absolute Gasteiger partial charge is 0.302 e. The lowest BCUT2D eigenvalue weighted by Crippen LogP contribution is -2.39. The third-order valence-corrected chi connectivity index (χ3v) is 3.49. The number of rotatable bonds is 3. The summed E-state index contributed by atoms with van der Waals surface area (Å²) in [4.78, 5) is 13.0. The minimum atomic E-state index is -4.30. The second-order valence-electron chi connectivity index (χ2n) is 4.86. The van der Waals surface area contributed by atoms with Crippen molar-refractivity contribution in [3.63, 3.8) is 0 Å². The van der Waals surface area contributed by atoms with Crippen LogP contribution in [0.5, 0.6) is 0 Å². The predicted octanol–water partition coefficient (Wildman–Crippen LogP) is 3.26. The minimum absolute atomic E-state index is 0.101. The van der Waals surface area contributed by atoms with Gasteiger partial charge in [0, 0.05) is 6.54 Å². The summed E-state index contributed by atoms with van der Waals surface area (Å²) in [5.41, 5.74) is 0.170. The van der Waals surface area contributed by atoms with Crippen LogP contribution in [0.2, 0.25) is 0 Å². The molecule has 5 heteroatoms. The van der Waals surface area contributed by atoms with Crippen LogP contribution in [0.3, 0.4) is 0 Å². The Bertz CT molecular complexity index is 427. The molecule has 0 saturated carbocycles. The Labute approximate surface area is 110 Å². The van der Waals surface area contributed by atoms with E-state index in [4.69, 9.17) is 0 Å². The van der Waals surface area contributed by atoms with Gasteiger partial charge in [0.05, 0.1) is 11.6 Å². The molecule has 1 heterocycles. The van der Waals surface area contributed by atoms with Gasteiger partial charge in [0.2, 0.25) is 0 Å². The number of piperidine rings is 1. The van der Waals surface area contributed by atoms with Gasteiger partial charge < -0.3 is 4.79 Å². The first-order valence-electron chi connectivity index (χ1n) is 6.36. The van der Waals surface area contributed by atoms with E-state index in [0.29, 0.717) is 6.54 Å². The highest BCUT2D eigenvalue weighted by Gasteiger charge is 2.30. The van der Waals surface area contributed by atoms with Crippen LogP contribution in [0.15, 0.2) is 24.3 Å². The summed E-state index contributed by atoms with van der Waals surface area (Å²) >= 11 is 0. The van der Waals surface area contributed by atoms with Crippen LogP contribution in [0.25, 0.3) is 0 Å². The highest BCUT2D eigenvalue weighted by molar-refractivity contribution is 5.57. The first-order valence-corrected chi connectivity index (χ1v) is 6.36. The SMILES string of the molecule is O=CC1CCCCN1Cc1ccc(C(F)(F)F)cc1. The third-order valence-electron chi connectivity index (χ3n) is 3.49. The largest absolute Gasteiger partial charge is 0.416 e. The highest BCUT2D eigenvalue weighted by Crippen LogP contribution is 2.29. The molecule has 1 unspecified atom stereocenters. The van der Waals surface area contributed by atoms with Crippen molar-refractivity contribution >= 4 is 6.29 Å². The number of hydrogen-bond donors (Lipinski definition) is 0. The third kappa shape index (κ3) is 3.56. The summed E-state index contributed by atoms with van der Waals surface area (Å²) in [5, 5.41) is 0. The van der Waals surface area contributed by atoms with Gasteiger partial charge in [-0.2, -0.15) is 13.2 Å². The molecular weight excluding hydrogens is 255 g/mol. The number of carbonyl (C=O) groups is 1. The van der Waals surface area contributed by atoms with Crippen molar-refractivity contribution in [2.75, 3.05) is 6.54 Å². The lowest BCUT2D eigenvalue weighted by atomic mass is 10.0. The molecule has 0 spiro atoms. The number of halogens is 3. The molecule has 2 nitrogen and oxygen atoms in total. The predicted molar refractivity (Wildman–Crippen MR) is 65.6 cm³/mol. The molecule has 0 bridgehead atoms. The second-order valence-corrected chi connectivity index (χ2v) is 4.86. The zero-order valence-electron chi connectivity index (χ0n) is 10.5. The molecule has 19 heavy (non-hydrogen) atoms. The maximum absolute atomic E-state index is 12.4. The first kappa shape index (κ1) is 14.1. The lowest BCUT2D eigenvalue weighted by Gasteiger charge is -2.32. The molecular formula is C14H16F3NO. The number of carbonyl (C=O) groups excluding carboxylic acids is 1. The van der Waals surface area contributed by atoms with Crippen LogP contribution >= 0.6 is 0 Å². The van der Waals surface area contributed by atoms with Gasteiger partial charge in [-0.1, -0.05) is 18.6 Å². The number of likely N-dealkylation sites (tertiary alicyclic amines) is 1. The number of aldehydes is 1. The molecule has 1 saturated heterocycles. The van der Waals surface area contributed by atoms with E-state index >= 15 is 0 Å². The molecule has 104 valence electrons. The summed E-state index contributed by atoms with van der Waals surface area (Å²) in [6, 6.07) is 5.05. The number of hydrogen-bond acceptors (Lipinski definition) is 2. The Balaban J connectivity index is 2.04. The fourth-order valence-corrected chi connectivity index (χ4v) is 2.40. The zero-order valence-corrected chi connectivity index (χ0v) is 10.5. The van der Waals surface area contributed by atoms with Crippen LogP contribution in [0.4, 0.5) is 13.2 Å². The second kappa shape index (κ2) is 5.74. The molecule has 1 fully saturated rings. The molecule has 0 N–H and O–H groups in total. The Morgan fingerprint density at radius 2 is 1.89 bits per heavy atom. The highest BCUT2D eigenvalue weighted by atomic mass is 19.4. The molecule has 0 aliphatic carbocycles. The molecule has 1 aromatic carbocycles. The molecule has 1 aromatic rings. The molecule has 0 radical (unpaired) electrons. The van der Waals surface area contributed by atoms with E-state index in [1.165, 1.54) is 12.1 Å². The van der Waals surface area contributed by atoms with Crippen molar-refractivity contribution in [1.29, 1.82) is 0 Å². The molecule has 1 atom stereocenters. The fourth-order valence-electron chi connectivity index (χ4n) is 2.40. The number of benzene rings is 1. The van der Waals surface area contributed by atoms with Crippen molar-refractivity contribution in [3.05, 3.63) is 35.4 Å². The van der Waals surface area contributed by atoms with Crippen LogP contribution in [0.1, 0.15) is 30.4 Å². The summed E-state index contributed by atoms with van der Waals surface area (Å²) < 4.78 is 37.3. The van der Waals surface area contributed by atoms with E-state index in [2.05, 4.69) is 0 Å². The lowest BCUT2D eigenvalue weighted by molar-refractivity contribution is -0.137. The van der Waals surface area contributed by atoms with E-state index in [9.17, 15) is 18.0 Å². The van der Waals surface area contributed by atoms with Crippen molar-refractivity contribution in [3.8, 4) is 0 Å². The van der Waals surface area contributed by atoms with E-state index < -0.39 is 11.7 Å². The summed E-state index contributed by atoms with van der Waals surface area (Å²) in [6.45, 7) is 1.35. The summed E-state index contributed by atoms with van der Waals surface area (Å²) in [5.74, 6) is 0. The monoisotopic (exact) mass is 271 g/mol. The van der Waals surface area contributed by atoms with Gasteiger partial charge in [0.15, 0.2) is 0 Å². The first-order chi connectivity index (χ1) is 9.00. The molecule has 1 aliphatic rings. The maximum atomic E-state index is 12.4. The van der Waals surface area contributed by atoms with E-state index in [-0.39, 0.29) is 6.04 Å². The average molecular weight is 271 g/mol. The summed E-state index contributed by atoms with van der Waals surface area (Å²) in [6.07, 6.45) is -0.458. The maximum Gasteiger partial charge on any atom is 0.416 e. The van der Waals surface area contributed by atoms with Crippen molar-refractivity contribution in [2.45, 2.75) is 38.0 Å². The quantitative estimate of drug-likeness (QED) is 0.786. The van der Waals surface area contributed by atoms with Crippen LogP contribution in [-0.4, -0.2) is 23.8 Å². The van der Waals surface area contributed by atoms with Gasteiger partial charge in [-0.15, -0.1) is 0 Å². The van der Waals surface area contributed by atoms with E-state index in [1.807, 2.05) is 4.90 Å². The van der Waals surface area contributed by atoms with E-state index in [0.717, 1.165) is 49.8 Å². The Morgan fingerprint density at radius 1 is 1.21 bits per heavy atom. The standard InChI is InChI=1S/C14H16F3NO/c15-14(16,17)12-6-4-11(5-7-12)9-18-8-2-1-3-13(18)10-19/h4-7,10,13H,1-3,8-9H2. The van der Waals surface area contributed by atoms with Gasteiger partial charge in [0.25, 0.3) is 0 Å². The van der Waals surface area contributed by atoms with Crippen LogP contribution in [0, 0.1) is 0 Å². The normalized spacial score (nSPS) is 21.3. The number of nitrogens with zero attached hydrogens (tertiary/aromatic N) is 1. The minimum Gasteiger partial charge on any atom is -0.302 e. The molecule has 0 amide bonds. The van der Waals surface area contributed by atoms with Crippen molar-refractivity contribution < 1.29 is 18.0 Å². The van der Waals surface area contributed by atoms with Gasteiger partial charge in [-0.25, -0.2) is 0 Å². The van der Waals surface area contributed by atoms with Crippen molar-refractivity contribution in [2.24, 2.45) is 0 Å². The van der Waals surface area contributed by atoms with Gasteiger partial charge in [-0.05, 0) is 37.1 Å². The average Bonchev–Trinajstić information content (AvgIpc) is 2.39. The van der Waals surface area contributed by atoms with Gasteiger partial charge in [-0.3, -0.25) is 4.90 Å². The molecule has 2 rings (SSSR count). The van der Waals surface area contributed by atoms with Gasteiger partial charge in [0.1, 0.15) is 6.29 Å². The fraction of sp³-hybridized carbons (Fsp3) is 0.500. The van der Waals surface area contributed by atoms with Crippen molar-refractivity contribution in [1.82, 2.24) is 4.90 Å². The zero-order chi connectivity index (χ0) is 13.9. The van der Waals surface area contributed by atoms with Crippen LogP contribution in [-0.2, 0) is 17.5 Å². The Morgan fingerprint density at radius 3 is 2.47 bits per heavy atom. The van der Waals surface area contributed by atoms with Crippen LogP contribution < -0.4 is 0 Å². The van der Waals surface area contributed by atoms with Gasteiger partial charge >= 0.3 is 6.18 Å².